The number of nitrogen functional groups attached to an aromatic ring is 1. The number of rotatable bonds is 4. The molecular weight excluding hydrogens is 302 g/mol. The van der Waals surface area contributed by atoms with Gasteiger partial charge in [-0.15, -0.1) is 0 Å². The van der Waals surface area contributed by atoms with E-state index in [0.717, 1.165) is 24.1 Å². The third-order valence-corrected chi connectivity index (χ3v) is 4.35. The molecule has 0 atom stereocenters. The Balaban J connectivity index is 1.95. The van der Waals surface area contributed by atoms with Gasteiger partial charge in [-0.25, -0.2) is 0 Å². The van der Waals surface area contributed by atoms with Crippen LogP contribution in [0.25, 0.3) is 11.3 Å². The van der Waals surface area contributed by atoms with Crippen molar-refractivity contribution in [3.63, 3.8) is 0 Å². The summed E-state index contributed by atoms with van der Waals surface area (Å²) in [7, 11) is 3.42. The number of anilines is 1. The van der Waals surface area contributed by atoms with Crippen LogP contribution in [0.4, 0.5) is 5.82 Å². The maximum atomic E-state index is 6.41. The molecule has 1 aliphatic carbocycles. The van der Waals surface area contributed by atoms with E-state index in [1.54, 1.807) is 31.0 Å². The van der Waals surface area contributed by atoms with Crippen LogP contribution in [-0.4, -0.2) is 23.0 Å². The Morgan fingerprint density at radius 1 is 1.23 bits per heavy atom. The van der Waals surface area contributed by atoms with Crippen molar-refractivity contribution in [2.45, 2.75) is 31.8 Å². The molecule has 1 aromatic carbocycles. The second-order valence-corrected chi connectivity index (χ2v) is 5.99. The molecule has 5 nitrogen and oxygen atoms in total. The first kappa shape index (κ1) is 15.0. The summed E-state index contributed by atoms with van der Waals surface area (Å²) in [6.07, 6.45) is 4.85. The SMILES string of the molecule is COc1cc(-c2cc(N)n(C)n2)c(Cl)cc1OC1CCCC1. The number of hydrogen-bond donors (Lipinski definition) is 1. The summed E-state index contributed by atoms with van der Waals surface area (Å²) in [6.45, 7) is 0. The third-order valence-electron chi connectivity index (χ3n) is 4.04. The van der Waals surface area contributed by atoms with Crippen LogP contribution >= 0.6 is 11.6 Å². The highest BCUT2D eigenvalue weighted by Crippen LogP contribution is 2.39. The van der Waals surface area contributed by atoms with Crippen LogP contribution in [0.5, 0.6) is 11.5 Å². The highest BCUT2D eigenvalue weighted by atomic mass is 35.5. The van der Waals surface area contributed by atoms with E-state index in [4.69, 9.17) is 26.8 Å². The summed E-state index contributed by atoms with van der Waals surface area (Å²) in [4.78, 5) is 0. The lowest BCUT2D eigenvalue weighted by molar-refractivity contribution is 0.201. The number of ether oxygens (including phenoxy) is 2. The van der Waals surface area contributed by atoms with Crippen molar-refractivity contribution in [2.75, 3.05) is 12.8 Å². The quantitative estimate of drug-likeness (QED) is 0.933. The Morgan fingerprint density at radius 2 is 1.95 bits per heavy atom. The highest BCUT2D eigenvalue weighted by Gasteiger charge is 2.20. The first-order chi connectivity index (χ1) is 10.6. The van der Waals surface area contributed by atoms with Gasteiger partial charge in [-0.3, -0.25) is 4.68 Å². The second-order valence-electron chi connectivity index (χ2n) is 5.59. The molecule has 0 radical (unpaired) electrons. The zero-order valence-corrected chi connectivity index (χ0v) is 13.6. The monoisotopic (exact) mass is 321 g/mol. The molecule has 1 saturated carbocycles. The predicted molar refractivity (Wildman–Crippen MR) is 87.5 cm³/mol. The first-order valence-electron chi connectivity index (χ1n) is 7.42. The van der Waals surface area contributed by atoms with Crippen molar-refractivity contribution in [1.29, 1.82) is 0 Å². The van der Waals surface area contributed by atoms with E-state index in [1.807, 2.05) is 6.07 Å². The predicted octanol–water partition coefficient (Wildman–Crippen LogP) is 3.65. The smallest absolute Gasteiger partial charge is 0.163 e. The van der Waals surface area contributed by atoms with Gasteiger partial charge in [0, 0.05) is 24.7 Å². The molecule has 0 saturated heterocycles. The zero-order valence-electron chi connectivity index (χ0n) is 12.8. The molecule has 0 bridgehead atoms. The van der Waals surface area contributed by atoms with E-state index in [2.05, 4.69) is 5.10 Å². The van der Waals surface area contributed by atoms with Crippen molar-refractivity contribution in [1.82, 2.24) is 9.78 Å². The summed E-state index contributed by atoms with van der Waals surface area (Å²) in [5.41, 5.74) is 7.34. The van der Waals surface area contributed by atoms with Gasteiger partial charge in [0.25, 0.3) is 0 Å². The summed E-state index contributed by atoms with van der Waals surface area (Å²) >= 11 is 6.41. The average molecular weight is 322 g/mol. The fraction of sp³-hybridized carbons (Fsp3) is 0.438. The van der Waals surface area contributed by atoms with E-state index >= 15 is 0 Å². The Bertz CT molecular complexity index is 659. The lowest BCUT2D eigenvalue weighted by atomic mass is 10.1. The molecule has 0 aliphatic heterocycles. The number of aromatic nitrogens is 2. The van der Waals surface area contributed by atoms with E-state index in [9.17, 15) is 0 Å². The molecule has 6 heteroatoms. The van der Waals surface area contributed by atoms with Crippen molar-refractivity contribution >= 4 is 17.4 Å². The molecule has 3 rings (SSSR count). The minimum absolute atomic E-state index is 0.251. The Kier molecular flexibility index (Phi) is 4.16. The van der Waals surface area contributed by atoms with E-state index < -0.39 is 0 Å². The van der Waals surface area contributed by atoms with Crippen LogP contribution < -0.4 is 15.2 Å². The fourth-order valence-corrected chi connectivity index (χ4v) is 3.03. The van der Waals surface area contributed by atoms with Gasteiger partial charge in [-0.1, -0.05) is 11.6 Å². The normalized spacial score (nSPS) is 15.2. The van der Waals surface area contributed by atoms with E-state index in [-0.39, 0.29) is 6.10 Å². The third kappa shape index (κ3) is 2.86. The number of methoxy groups -OCH3 is 1. The lowest BCUT2D eigenvalue weighted by Gasteiger charge is -2.17. The fourth-order valence-electron chi connectivity index (χ4n) is 2.78. The summed E-state index contributed by atoms with van der Waals surface area (Å²) in [5.74, 6) is 1.93. The highest BCUT2D eigenvalue weighted by molar-refractivity contribution is 6.33. The van der Waals surface area contributed by atoms with Gasteiger partial charge < -0.3 is 15.2 Å². The minimum atomic E-state index is 0.251. The topological polar surface area (TPSA) is 62.3 Å². The van der Waals surface area contributed by atoms with Gasteiger partial charge in [0.2, 0.25) is 0 Å². The first-order valence-corrected chi connectivity index (χ1v) is 7.80. The largest absolute Gasteiger partial charge is 0.493 e. The molecule has 2 N–H and O–H groups in total. The Morgan fingerprint density at radius 3 is 2.55 bits per heavy atom. The molecule has 0 amide bonds. The summed E-state index contributed by atoms with van der Waals surface area (Å²) in [5, 5.41) is 4.94. The number of halogens is 1. The lowest BCUT2D eigenvalue weighted by Crippen LogP contribution is -2.11. The van der Waals surface area contributed by atoms with Crippen LogP contribution in [-0.2, 0) is 7.05 Å². The Hall–Kier alpha value is -1.88. The maximum Gasteiger partial charge on any atom is 0.163 e. The van der Waals surface area contributed by atoms with Crippen molar-refractivity contribution in [3.8, 4) is 22.8 Å². The second kappa shape index (κ2) is 6.08. The number of nitrogens with zero attached hydrogens (tertiary/aromatic N) is 2. The maximum absolute atomic E-state index is 6.41. The summed E-state index contributed by atoms with van der Waals surface area (Å²) in [6, 6.07) is 5.45. The van der Waals surface area contributed by atoms with Crippen LogP contribution in [0.15, 0.2) is 18.2 Å². The summed E-state index contributed by atoms with van der Waals surface area (Å²) < 4.78 is 13.1. The van der Waals surface area contributed by atoms with Crippen molar-refractivity contribution < 1.29 is 9.47 Å². The molecule has 118 valence electrons. The standard InChI is InChI=1S/C16H20ClN3O2/c1-20-16(18)9-13(19-20)11-7-14(21-2)15(8-12(11)17)22-10-5-3-4-6-10/h7-10H,3-6,18H2,1-2H3. The van der Waals surface area contributed by atoms with Gasteiger partial charge in [-0.05, 0) is 31.7 Å². The van der Waals surface area contributed by atoms with Crippen molar-refractivity contribution in [3.05, 3.63) is 23.2 Å². The van der Waals surface area contributed by atoms with Crippen molar-refractivity contribution in [2.24, 2.45) is 7.05 Å². The van der Waals surface area contributed by atoms with Gasteiger partial charge in [-0.2, -0.15) is 5.10 Å². The number of aryl methyl sites for hydroxylation is 1. The van der Waals surface area contributed by atoms with Gasteiger partial charge in [0.1, 0.15) is 5.82 Å². The van der Waals surface area contributed by atoms with Gasteiger partial charge in [0.05, 0.1) is 23.9 Å². The van der Waals surface area contributed by atoms with Crippen LogP contribution in [0.3, 0.4) is 0 Å². The molecule has 1 aliphatic rings. The molecule has 1 fully saturated rings. The molecule has 2 aromatic rings. The zero-order chi connectivity index (χ0) is 15.7. The molecule has 0 spiro atoms. The van der Waals surface area contributed by atoms with Crippen LogP contribution in [0.1, 0.15) is 25.7 Å². The number of nitrogens with two attached hydrogens (primary N) is 1. The van der Waals surface area contributed by atoms with E-state index in [0.29, 0.717) is 22.3 Å². The van der Waals surface area contributed by atoms with Gasteiger partial charge in [0.15, 0.2) is 11.5 Å². The van der Waals surface area contributed by atoms with Crippen LogP contribution in [0.2, 0.25) is 5.02 Å². The van der Waals surface area contributed by atoms with Crippen LogP contribution in [0, 0.1) is 0 Å². The average Bonchev–Trinajstić information content (AvgIpc) is 3.10. The molecular formula is C16H20ClN3O2. The molecule has 1 heterocycles. The Labute approximate surface area is 135 Å². The molecule has 1 aromatic heterocycles. The van der Waals surface area contributed by atoms with E-state index in [1.165, 1.54) is 12.8 Å². The molecule has 0 unspecified atom stereocenters. The number of benzene rings is 1. The molecule has 22 heavy (non-hydrogen) atoms. The number of hydrogen-bond acceptors (Lipinski definition) is 4. The minimum Gasteiger partial charge on any atom is -0.493 e. The van der Waals surface area contributed by atoms with Gasteiger partial charge >= 0.3 is 0 Å².